The zero-order valence-electron chi connectivity index (χ0n) is 8.41. The average Bonchev–Trinajstić information content (AvgIpc) is 2.73. The summed E-state index contributed by atoms with van der Waals surface area (Å²) in [7, 11) is 0. The fourth-order valence-electron chi connectivity index (χ4n) is 1.62. The summed E-state index contributed by atoms with van der Waals surface area (Å²) in [5, 5.41) is 1.06. The van der Waals surface area contributed by atoms with E-state index >= 15 is 0 Å². The third kappa shape index (κ3) is 1.67. The van der Waals surface area contributed by atoms with Crippen LogP contribution in [0.4, 0.5) is 0 Å². The smallest absolute Gasteiger partial charge is 0.114 e. The molecule has 3 nitrogen and oxygen atoms in total. The van der Waals surface area contributed by atoms with Gasteiger partial charge in [-0.3, -0.25) is 0 Å². The van der Waals surface area contributed by atoms with E-state index in [2.05, 4.69) is 11.1 Å². The van der Waals surface area contributed by atoms with Crippen molar-refractivity contribution in [3.63, 3.8) is 0 Å². The van der Waals surface area contributed by atoms with Gasteiger partial charge < -0.3 is 10.5 Å². The maximum absolute atomic E-state index is 6.09. The summed E-state index contributed by atoms with van der Waals surface area (Å²) in [4.78, 5) is 5.48. The second kappa shape index (κ2) is 3.71. The van der Waals surface area contributed by atoms with E-state index in [0.717, 1.165) is 34.4 Å². The van der Waals surface area contributed by atoms with Crippen molar-refractivity contribution < 1.29 is 4.74 Å². The van der Waals surface area contributed by atoms with Crippen molar-refractivity contribution in [2.45, 2.75) is 26.3 Å². The molecule has 1 atom stereocenters. The summed E-state index contributed by atoms with van der Waals surface area (Å²) in [6.45, 7) is 4.76. The Morgan fingerprint density at radius 1 is 1.57 bits per heavy atom. The van der Waals surface area contributed by atoms with Crippen LogP contribution in [-0.4, -0.2) is 11.6 Å². The zero-order chi connectivity index (χ0) is 10.1. The molecule has 2 N–H and O–H groups in total. The van der Waals surface area contributed by atoms with E-state index in [1.165, 1.54) is 0 Å². The van der Waals surface area contributed by atoms with Crippen LogP contribution in [0.1, 0.15) is 28.0 Å². The molecule has 0 radical (unpaired) electrons. The molecule has 0 spiro atoms. The van der Waals surface area contributed by atoms with Gasteiger partial charge in [-0.15, -0.1) is 11.3 Å². The Balaban J connectivity index is 2.25. The Morgan fingerprint density at radius 2 is 2.36 bits per heavy atom. The number of thiazole rings is 1. The van der Waals surface area contributed by atoms with Crippen molar-refractivity contribution in [2.75, 3.05) is 6.61 Å². The SMILES string of the molecule is Cc1nc(C)c(C(N)C2=CCCO2)s1. The largest absolute Gasteiger partial charge is 0.496 e. The molecule has 0 amide bonds. The summed E-state index contributed by atoms with van der Waals surface area (Å²) in [6, 6.07) is -0.122. The molecular formula is C10H14N2OS. The minimum atomic E-state index is -0.122. The second-order valence-corrected chi connectivity index (χ2v) is 4.64. The first kappa shape index (κ1) is 9.68. The van der Waals surface area contributed by atoms with E-state index < -0.39 is 0 Å². The average molecular weight is 210 g/mol. The van der Waals surface area contributed by atoms with E-state index in [1.54, 1.807) is 11.3 Å². The quantitative estimate of drug-likeness (QED) is 0.812. The van der Waals surface area contributed by atoms with Gasteiger partial charge in [0.05, 0.1) is 28.2 Å². The molecule has 4 heteroatoms. The lowest BCUT2D eigenvalue weighted by atomic mass is 10.2. The molecule has 14 heavy (non-hydrogen) atoms. The third-order valence-corrected chi connectivity index (χ3v) is 3.42. The van der Waals surface area contributed by atoms with Crippen LogP contribution < -0.4 is 5.73 Å². The minimum absolute atomic E-state index is 0.122. The lowest BCUT2D eigenvalue weighted by Gasteiger charge is -2.11. The molecule has 1 unspecified atom stereocenters. The van der Waals surface area contributed by atoms with E-state index in [9.17, 15) is 0 Å². The van der Waals surface area contributed by atoms with E-state index in [0.29, 0.717) is 0 Å². The van der Waals surface area contributed by atoms with Crippen LogP contribution in [0.25, 0.3) is 0 Å². The van der Waals surface area contributed by atoms with Crippen molar-refractivity contribution in [3.05, 3.63) is 27.4 Å². The van der Waals surface area contributed by atoms with Gasteiger partial charge in [0.15, 0.2) is 0 Å². The van der Waals surface area contributed by atoms with Gasteiger partial charge in [0, 0.05) is 6.42 Å². The highest BCUT2D eigenvalue weighted by molar-refractivity contribution is 7.11. The van der Waals surface area contributed by atoms with Crippen LogP contribution in [-0.2, 0) is 4.74 Å². The van der Waals surface area contributed by atoms with Crippen LogP contribution in [0.2, 0.25) is 0 Å². The first-order valence-corrected chi connectivity index (χ1v) is 5.52. The standard InChI is InChI=1S/C10H14N2OS/c1-6-10(14-7(2)12-6)9(11)8-4-3-5-13-8/h4,9H,3,5,11H2,1-2H3. The highest BCUT2D eigenvalue weighted by Crippen LogP contribution is 2.30. The van der Waals surface area contributed by atoms with Crippen molar-refractivity contribution in [3.8, 4) is 0 Å². The summed E-state index contributed by atoms with van der Waals surface area (Å²) in [6.07, 6.45) is 3.04. The fraction of sp³-hybridized carbons (Fsp3) is 0.500. The Kier molecular flexibility index (Phi) is 2.56. The molecule has 0 bridgehead atoms. The maximum Gasteiger partial charge on any atom is 0.114 e. The summed E-state index contributed by atoms with van der Waals surface area (Å²) in [5.41, 5.74) is 7.12. The fourth-order valence-corrected chi connectivity index (χ4v) is 2.56. The van der Waals surface area contributed by atoms with Crippen LogP contribution >= 0.6 is 11.3 Å². The lowest BCUT2D eigenvalue weighted by molar-refractivity contribution is 0.226. The first-order chi connectivity index (χ1) is 6.68. The molecule has 2 heterocycles. The third-order valence-electron chi connectivity index (χ3n) is 2.26. The Morgan fingerprint density at radius 3 is 2.86 bits per heavy atom. The van der Waals surface area contributed by atoms with Crippen LogP contribution in [0, 0.1) is 13.8 Å². The van der Waals surface area contributed by atoms with Crippen molar-refractivity contribution in [2.24, 2.45) is 5.73 Å². The highest BCUT2D eigenvalue weighted by Gasteiger charge is 2.20. The molecule has 1 aliphatic rings. The molecule has 0 aliphatic carbocycles. The number of hydrogen-bond acceptors (Lipinski definition) is 4. The van der Waals surface area contributed by atoms with Crippen molar-refractivity contribution >= 4 is 11.3 Å². The normalized spacial score (nSPS) is 17.8. The van der Waals surface area contributed by atoms with Crippen LogP contribution in [0.15, 0.2) is 11.8 Å². The van der Waals surface area contributed by atoms with Gasteiger partial charge >= 0.3 is 0 Å². The summed E-state index contributed by atoms with van der Waals surface area (Å²) in [5.74, 6) is 0.900. The number of nitrogens with zero attached hydrogens (tertiary/aromatic N) is 1. The number of nitrogens with two attached hydrogens (primary N) is 1. The Labute approximate surface area is 87.6 Å². The van der Waals surface area contributed by atoms with E-state index in [1.807, 2.05) is 13.8 Å². The van der Waals surface area contributed by atoms with Crippen molar-refractivity contribution in [1.82, 2.24) is 4.98 Å². The summed E-state index contributed by atoms with van der Waals surface area (Å²) < 4.78 is 5.45. The predicted octanol–water partition coefficient (Wildman–Crippen LogP) is 2.06. The van der Waals surface area contributed by atoms with Gasteiger partial charge in [-0.05, 0) is 19.9 Å². The number of rotatable bonds is 2. The molecule has 0 saturated heterocycles. The Hall–Kier alpha value is -0.870. The highest BCUT2D eigenvalue weighted by atomic mass is 32.1. The van der Waals surface area contributed by atoms with Gasteiger partial charge in [-0.25, -0.2) is 4.98 Å². The first-order valence-electron chi connectivity index (χ1n) is 4.71. The zero-order valence-corrected chi connectivity index (χ0v) is 9.23. The van der Waals surface area contributed by atoms with Crippen LogP contribution in [0.5, 0.6) is 0 Å². The van der Waals surface area contributed by atoms with Gasteiger partial charge in [-0.1, -0.05) is 0 Å². The topological polar surface area (TPSA) is 48.1 Å². The Bertz CT molecular complexity index is 370. The second-order valence-electron chi connectivity index (χ2n) is 3.40. The molecule has 76 valence electrons. The van der Waals surface area contributed by atoms with Gasteiger partial charge in [0.1, 0.15) is 5.76 Å². The number of aromatic nitrogens is 1. The molecule has 0 aromatic carbocycles. The minimum Gasteiger partial charge on any atom is -0.496 e. The molecule has 1 aliphatic heterocycles. The number of ether oxygens (including phenoxy) is 1. The molecule has 0 fully saturated rings. The molecule has 0 saturated carbocycles. The summed E-state index contributed by atoms with van der Waals surface area (Å²) >= 11 is 1.65. The van der Waals surface area contributed by atoms with E-state index in [-0.39, 0.29) is 6.04 Å². The molecule has 1 aromatic rings. The lowest BCUT2D eigenvalue weighted by Crippen LogP contribution is -2.13. The molecule has 1 aromatic heterocycles. The molecular weight excluding hydrogens is 196 g/mol. The van der Waals surface area contributed by atoms with Gasteiger partial charge in [0.25, 0.3) is 0 Å². The molecule has 2 rings (SSSR count). The van der Waals surface area contributed by atoms with Crippen LogP contribution in [0.3, 0.4) is 0 Å². The number of aryl methyl sites for hydroxylation is 2. The van der Waals surface area contributed by atoms with E-state index in [4.69, 9.17) is 10.5 Å². The maximum atomic E-state index is 6.09. The number of hydrogen-bond donors (Lipinski definition) is 1. The van der Waals surface area contributed by atoms with Crippen molar-refractivity contribution in [1.29, 1.82) is 0 Å². The van der Waals surface area contributed by atoms with Gasteiger partial charge in [-0.2, -0.15) is 0 Å². The predicted molar refractivity (Wildman–Crippen MR) is 57.2 cm³/mol. The monoisotopic (exact) mass is 210 g/mol. The van der Waals surface area contributed by atoms with Gasteiger partial charge in [0.2, 0.25) is 0 Å².